The second kappa shape index (κ2) is 5.04. The van der Waals surface area contributed by atoms with Crippen LogP contribution in [0.15, 0.2) is 24.3 Å². The Labute approximate surface area is 101 Å². The first-order valence-corrected chi connectivity index (χ1v) is 5.81. The van der Waals surface area contributed by atoms with E-state index in [-0.39, 0.29) is 0 Å². The molecule has 0 aliphatic rings. The van der Waals surface area contributed by atoms with Crippen LogP contribution in [0.4, 0.5) is 0 Å². The topological polar surface area (TPSA) is 31.4 Å². The molecule has 0 fully saturated rings. The molecule has 17 heavy (non-hydrogen) atoms. The first kappa shape index (κ1) is 11.7. The zero-order valence-corrected chi connectivity index (χ0v) is 10.5. The maximum Gasteiger partial charge on any atom is 0.220 e. The van der Waals surface area contributed by atoms with E-state index in [0.717, 1.165) is 35.1 Å². The number of benzene rings is 1. The van der Waals surface area contributed by atoms with Crippen molar-refractivity contribution in [1.82, 2.24) is 4.98 Å². The van der Waals surface area contributed by atoms with Crippen molar-refractivity contribution < 1.29 is 9.47 Å². The highest BCUT2D eigenvalue weighted by atomic mass is 16.5. The van der Waals surface area contributed by atoms with Crippen LogP contribution in [-0.4, -0.2) is 19.2 Å². The van der Waals surface area contributed by atoms with Gasteiger partial charge < -0.3 is 9.47 Å². The number of pyridine rings is 1. The monoisotopic (exact) mass is 231 g/mol. The molecule has 0 amide bonds. The first-order valence-electron chi connectivity index (χ1n) is 5.81. The van der Waals surface area contributed by atoms with E-state index in [4.69, 9.17) is 9.47 Å². The molecular weight excluding hydrogens is 214 g/mol. The lowest BCUT2D eigenvalue weighted by molar-refractivity contribution is 0.377. The quantitative estimate of drug-likeness (QED) is 0.809. The first-order chi connectivity index (χ1) is 8.31. The molecule has 0 aliphatic heterocycles. The fourth-order valence-corrected chi connectivity index (χ4v) is 2.07. The number of fused-ring (bicyclic) bond motifs is 1. The number of methoxy groups -OCH3 is 2. The van der Waals surface area contributed by atoms with E-state index in [1.54, 1.807) is 14.2 Å². The van der Waals surface area contributed by atoms with Crippen molar-refractivity contribution in [3.05, 3.63) is 29.8 Å². The number of hydrogen-bond acceptors (Lipinski definition) is 3. The summed E-state index contributed by atoms with van der Waals surface area (Å²) in [6.45, 7) is 2.13. The number of aromatic nitrogens is 1. The molecule has 0 unspecified atom stereocenters. The van der Waals surface area contributed by atoms with Crippen LogP contribution in [0.3, 0.4) is 0 Å². The second-order valence-corrected chi connectivity index (χ2v) is 3.90. The predicted octanol–water partition coefficient (Wildman–Crippen LogP) is 3.20. The second-order valence-electron chi connectivity index (χ2n) is 3.90. The van der Waals surface area contributed by atoms with Gasteiger partial charge in [-0.05, 0) is 18.6 Å². The molecule has 2 rings (SSSR count). The van der Waals surface area contributed by atoms with E-state index in [2.05, 4.69) is 11.9 Å². The van der Waals surface area contributed by atoms with Gasteiger partial charge in [-0.2, -0.15) is 0 Å². The summed E-state index contributed by atoms with van der Waals surface area (Å²) in [5.74, 6) is 1.55. The minimum atomic E-state index is 0.669. The summed E-state index contributed by atoms with van der Waals surface area (Å²) in [5.41, 5.74) is 1.96. The van der Waals surface area contributed by atoms with Crippen molar-refractivity contribution in [2.45, 2.75) is 19.8 Å². The molecular formula is C14H17NO2. The van der Waals surface area contributed by atoms with Crippen LogP contribution in [0.2, 0.25) is 0 Å². The van der Waals surface area contributed by atoms with Gasteiger partial charge in [0, 0.05) is 5.39 Å². The molecule has 3 nitrogen and oxygen atoms in total. The van der Waals surface area contributed by atoms with Gasteiger partial charge in [0.2, 0.25) is 5.88 Å². The van der Waals surface area contributed by atoms with Crippen LogP contribution < -0.4 is 9.47 Å². The van der Waals surface area contributed by atoms with Gasteiger partial charge in [-0.3, -0.25) is 0 Å². The average molecular weight is 231 g/mol. The van der Waals surface area contributed by atoms with Gasteiger partial charge >= 0.3 is 0 Å². The zero-order valence-electron chi connectivity index (χ0n) is 10.5. The number of hydrogen-bond donors (Lipinski definition) is 0. The van der Waals surface area contributed by atoms with Crippen LogP contribution in [0, 0.1) is 0 Å². The molecule has 90 valence electrons. The van der Waals surface area contributed by atoms with Crippen molar-refractivity contribution in [2.24, 2.45) is 0 Å². The van der Waals surface area contributed by atoms with Crippen LogP contribution in [-0.2, 0) is 6.42 Å². The third-order valence-electron chi connectivity index (χ3n) is 2.80. The highest BCUT2D eigenvalue weighted by Crippen LogP contribution is 2.35. The van der Waals surface area contributed by atoms with Crippen molar-refractivity contribution in [1.29, 1.82) is 0 Å². The van der Waals surface area contributed by atoms with E-state index < -0.39 is 0 Å². The van der Waals surface area contributed by atoms with Gasteiger partial charge in [0.25, 0.3) is 0 Å². The van der Waals surface area contributed by atoms with Crippen molar-refractivity contribution >= 4 is 10.9 Å². The fourth-order valence-electron chi connectivity index (χ4n) is 2.07. The van der Waals surface area contributed by atoms with Gasteiger partial charge in [0.1, 0.15) is 5.75 Å². The Morgan fingerprint density at radius 2 is 1.88 bits per heavy atom. The Bertz CT molecular complexity index is 523. The Kier molecular flexibility index (Phi) is 3.47. The lowest BCUT2D eigenvalue weighted by Crippen LogP contribution is -2.00. The minimum Gasteiger partial charge on any atom is -0.496 e. The number of rotatable bonds is 4. The van der Waals surface area contributed by atoms with Gasteiger partial charge in [-0.1, -0.05) is 25.5 Å². The SMILES string of the molecule is CCCc1c(OC)nc2ccccc2c1OC. The third kappa shape index (κ3) is 2.05. The van der Waals surface area contributed by atoms with E-state index in [1.165, 1.54) is 0 Å². The summed E-state index contributed by atoms with van der Waals surface area (Å²) in [4.78, 5) is 4.52. The summed E-state index contributed by atoms with van der Waals surface area (Å²) in [6.07, 6.45) is 1.94. The van der Waals surface area contributed by atoms with Crippen molar-refractivity contribution in [3.8, 4) is 11.6 Å². The zero-order chi connectivity index (χ0) is 12.3. The van der Waals surface area contributed by atoms with E-state index in [9.17, 15) is 0 Å². The number of nitrogens with zero attached hydrogens (tertiary/aromatic N) is 1. The van der Waals surface area contributed by atoms with E-state index in [1.807, 2.05) is 24.3 Å². The molecule has 1 aromatic carbocycles. The molecule has 3 heteroatoms. The number of para-hydroxylation sites is 1. The maximum atomic E-state index is 5.53. The maximum absolute atomic E-state index is 5.53. The Balaban J connectivity index is 2.74. The normalized spacial score (nSPS) is 10.5. The van der Waals surface area contributed by atoms with E-state index in [0.29, 0.717) is 5.88 Å². The lowest BCUT2D eigenvalue weighted by atomic mass is 10.1. The molecule has 1 heterocycles. The van der Waals surface area contributed by atoms with Crippen molar-refractivity contribution in [3.63, 3.8) is 0 Å². The summed E-state index contributed by atoms with van der Waals surface area (Å²) < 4.78 is 10.9. The van der Waals surface area contributed by atoms with Gasteiger partial charge in [-0.25, -0.2) is 4.98 Å². The third-order valence-corrected chi connectivity index (χ3v) is 2.80. The summed E-state index contributed by atoms with van der Waals surface area (Å²) in [6, 6.07) is 7.96. The van der Waals surface area contributed by atoms with Crippen LogP contribution in [0.25, 0.3) is 10.9 Å². The molecule has 0 N–H and O–H groups in total. The fraction of sp³-hybridized carbons (Fsp3) is 0.357. The molecule has 1 aromatic heterocycles. The summed E-state index contributed by atoms with van der Waals surface area (Å²) in [5, 5.41) is 1.04. The predicted molar refractivity (Wildman–Crippen MR) is 68.8 cm³/mol. The van der Waals surface area contributed by atoms with Crippen LogP contribution in [0.5, 0.6) is 11.6 Å². The minimum absolute atomic E-state index is 0.669. The lowest BCUT2D eigenvalue weighted by Gasteiger charge is -2.14. The largest absolute Gasteiger partial charge is 0.496 e. The molecule has 0 radical (unpaired) electrons. The Morgan fingerprint density at radius 1 is 1.12 bits per heavy atom. The molecule has 0 bridgehead atoms. The highest BCUT2D eigenvalue weighted by molar-refractivity contribution is 5.87. The molecule has 0 spiro atoms. The smallest absolute Gasteiger partial charge is 0.220 e. The van der Waals surface area contributed by atoms with Gasteiger partial charge in [0.05, 0.1) is 25.3 Å². The van der Waals surface area contributed by atoms with Crippen molar-refractivity contribution in [2.75, 3.05) is 14.2 Å². The standard InChI is InChI=1S/C14H17NO2/c1-4-7-11-13(16-2)10-8-5-6-9-12(10)15-14(11)17-3/h5-6,8-9H,4,7H2,1-3H3. The molecule has 0 saturated heterocycles. The highest BCUT2D eigenvalue weighted by Gasteiger charge is 2.15. The molecule has 0 saturated carbocycles. The van der Waals surface area contributed by atoms with Gasteiger partial charge in [0.15, 0.2) is 0 Å². The average Bonchev–Trinajstić information content (AvgIpc) is 2.38. The van der Waals surface area contributed by atoms with Crippen LogP contribution >= 0.6 is 0 Å². The molecule has 0 aliphatic carbocycles. The summed E-state index contributed by atoms with van der Waals surface area (Å²) in [7, 11) is 3.34. The number of ether oxygens (including phenoxy) is 2. The molecule has 2 aromatic rings. The molecule has 0 atom stereocenters. The van der Waals surface area contributed by atoms with E-state index >= 15 is 0 Å². The van der Waals surface area contributed by atoms with Crippen LogP contribution in [0.1, 0.15) is 18.9 Å². The Morgan fingerprint density at radius 3 is 2.53 bits per heavy atom. The summed E-state index contributed by atoms with van der Waals surface area (Å²) >= 11 is 0. The Hall–Kier alpha value is -1.77. The van der Waals surface area contributed by atoms with Gasteiger partial charge in [-0.15, -0.1) is 0 Å².